The maximum atomic E-state index is 11.6. The van der Waals surface area contributed by atoms with Crippen molar-refractivity contribution in [2.24, 2.45) is 0 Å². The summed E-state index contributed by atoms with van der Waals surface area (Å²) in [6.45, 7) is 0. The first-order chi connectivity index (χ1) is 6.68. The molecule has 3 nitrogen and oxygen atoms in total. The number of rotatable bonds is 0. The normalized spacial score (nSPS) is 16.1. The average molecular weight is 192 g/mol. The Kier molecular flexibility index (Phi) is 2.15. The Bertz CT molecular complexity index is 382. The van der Waals surface area contributed by atoms with Crippen LogP contribution in [0.2, 0.25) is 0 Å². The molecule has 0 unspecified atom stereocenters. The lowest BCUT2D eigenvalue weighted by molar-refractivity contribution is 0.0981. The molecule has 74 valence electrons. The third kappa shape index (κ3) is 1.45. The van der Waals surface area contributed by atoms with Crippen LogP contribution >= 0.6 is 0 Å². The zero-order chi connectivity index (χ0) is 10.1. The van der Waals surface area contributed by atoms with Crippen molar-refractivity contribution in [1.29, 1.82) is 0 Å². The van der Waals surface area contributed by atoms with Crippen LogP contribution in [-0.4, -0.2) is 16.0 Å². The lowest BCUT2D eigenvalue weighted by Gasteiger charge is -2.06. The van der Waals surface area contributed by atoms with E-state index >= 15 is 0 Å². The zero-order valence-electron chi connectivity index (χ0n) is 7.79. The molecule has 0 amide bonds. The van der Waals surface area contributed by atoms with Gasteiger partial charge in [-0.1, -0.05) is 0 Å². The fourth-order valence-corrected chi connectivity index (χ4v) is 1.82. The molecule has 1 aliphatic carbocycles. The Hall–Kier alpha value is -1.51. The van der Waals surface area contributed by atoms with E-state index in [0.29, 0.717) is 12.0 Å². The van der Waals surface area contributed by atoms with Crippen LogP contribution in [0.3, 0.4) is 0 Å². The zero-order valence-corrected chi connectivity index (χ0v) is 7.79. The average Bonchev–Trinajstić information content (AvgIpc) is 2.31. The molecule has 1 aromatic carbocycles. The van der Waals surface area contributed by atoms with Gasteiger partial charge in [-0.25, -0.2) is 0 Å². The fourth-order valence-electron chi connectivity index (χ4n) is 1.82. The SMILES string of the molecule is O=C1CCCCc2cc(O)c(O)cc21. The van der Waals surface area contributed by atoms with E-state index in [0.717, 1.165) is 24.8 Å². The van der Waals surface area contributed by atoms with E-state index < -0.39 is 0 Å². The summed E-state index contributed by atoms with van der Waals surface area (Å²) in [5, 5.41) is 18.6. The van der Waals surface area contributed by atoms with Crippen molar-refractivity contribution < 1.29 is 15.0 Å². The summed E-state index contributed by atoms with van der Waals surface area (Å²) in [7, 11) is 0. The molecule has 14 heavy (non-hydrogen) atoms. The molecular weight excluding hydrogens is 180 g/mol. The summed E-state index contributed by atoms with van der Waals surface area (Å²) in [5.41, 5.74) is 1.42. The first-order valence-corrected chi connectivity index (χ1v) is 4.76. The molecule has 0 aliphatic heterocycles. The number of phenolic OH excluding ortho intramolecular Hbond substituents is 2. The van der Waals surface area contributed by atoms with Gasteiger partial charge in [-0.3, -0.25) is 4.79 Å². The molecule has 3 heteroatoms. The van der Waals surface area contributed by atoms with Gasteiger partial charge in [-0.15, -0.1) is 0 Å². The number of hydrogen-bond acceptors (Lipinski definition) is 3. The van der Waals surface area contributed by atoms with Crippen molar-refractivity contribution in [3.05, 3.63) is 23.3 Å². The van der Waals surface area contributed by atoms with Crippen molar-refractivity contribution in [3.63, 3.8) is 0 Å². The third-order valence-corrected chi connectivity index (χ3v) is 2.60. The predicted octanol–water partition coefficient (Wildman–Crippen LogP) is 2.01. The van der Waals surface area contributed by atoms with Crippen molar-refractivity contribution in [2.45, 2.75) is 25.7 Å². The van der Waals surface area contributed by atoms with Crippen LogP contribution < -0.4 is 0 Å². The number of hydrogen-bond donors (Lipinski definition) is 2. The van der Waals surface area contributed by atoms with Crippen molar-refractivity contribution in [1.82, 2.24) is 0 Å². The minimum atomic E-state index is -0.209. The smallest absolute Gasteiger partial charge is 0.163 e. The number of Topliss-reactive ketones (excluding diaryl/α,β-unsaturated/α-hetero) is 1. The lowest BCUT2D eigenvalue weighted by atomic mass is 10.0. The number of aromatic hydroxyl groups is 2. The van der Waals surface area contributed by atoms with Crippen LogP contribution in [0.1, 0.15) is 35.2 Å². The van der Waals surface area contributed by atoms with E-state index in [1.54, 1.807) is 0 Å². The summed E-state index contributed by atoms with van der Waals surface area (Å²) >= 11 is 0. The Labute approximate surface area is 82.0 Å². The van der Waals surface area contributed by atoms with Gasteiger partial charge in [0.1, 0.15) is 0 Å². The second-order valence-corrected chi connectivity index (χ2v) is 3.63. The summed E-state index contributed by atoms with van der Waals surface area (Å²) < 4.78 is 0. The number of benzene rings is 1. The molecule has 0 fully saturated rings. The number of carbonyl (C=O) groups is 1. The first kappa shape index (κ1) is 9.06. The maximum Gasteiger partial charge on any atom is 0.163 e. The molecule has 0 atom stereocenters. The van der Waals surface area contributed by atoms with E-state index in [1.807, 2.05) is 0 Å². The number of ketones is 1. The van der Waals surface area contributed by atoms with Crippen LogP contribution in [0.25, 0.3) is 0 Å². The molecular formula is C11H12O3. The molecule has 0 heterocycles. The molecule has 0 bridgehead atoms. The number of phenols is 2. The van der Waals surface area contributed by atoms with E-state index in [2.05, 4.69) is 0 Å². The van der Waals surface area contributed by atoms with E-state index in [1.165, 1.54) is 12.1 Å². The van der Waals surface area contributed by atoms with Crippen LogP contribution in [0, 0.1) is 0 Å². The van der Waals surface area contributed by atoms with Crippen molar-refractivity contribution in [3.8, 4) is 11.5 Å². The van der Waals surface area contributed by atoms with Gasteiger partial charge in [0.05, 0.1) is 0 Å². The second kappa shape index (κ2) is 3.33. The maximum absolute atomic E-state index is 11.6. The van der Waals surface area contributed by atoms with Crippen LogP contribution in [0.5, 0.6) is 11.5 Å². The van der Waals surface area contributed by atoms with Crippen molar-refractivity contribution in [2.75, 3.05) is 0 Å². The molecule has 0 saturated heterocycles. The largest absolute Gasteiger partial charge is 0.504 e. The molecule has 2 N–H and O–H groups in total. The third-order valence-electron chi connectivity index (χ3n) is 2.60. The van der Waals surface area contributed by atoms with Crippen LogP contribution in [-0.2, 0) is 6.42 Å². The Morgan fingerprint density at radius 1 is 1.00 bits per heavy atom. The second-order valence-electron chi connectivity index (χ2n) is 3.63. The number of fused-ring (bicyclic) bond motifs is 1. The summed E-state index contributed by atoms with van der Waals surface area (Å²) in [4.78, 5) is 11.6. The topological polar surface area (TPSA) is 57.5 Å². The van der Waals surface area contributed by atoms with E-state index in [4.69, 9.17) is 0 Å². The number of carbonyl (C=O) groups excluding carboxylic acids is 1. The molecule has 2 rings (SSSR count). The highest BCUT2D eigenvalue weighted by atomic mass is 16.3. The highest BCUT2D eigenvalue weighted by Gasteiger charge is 2.17. The predicted molar refractivity (Wildman–Crippen MR) is 51.7 cm³/mol. The fraction of sp³-hybridized carbons (Fsp3) is 0.364. The van der Waals surface area contributed by atoms with Gasteiger partial charge in [0.15, 0.2) is 17.3 Å². The quantitative estimate of drug-likeness (QED) is 0.488. The van der Waals surface area contributed by atoms with E-state index in [9.17, 15) is 15.0 Å². The van der Waals surface area contributed by atoms with Crippen molar-refractivity contribution >= 4 is 5.78 Å². The summed E-state index contributed by atoms with van der Waals surface area (Å²) in [6, 6.07) is 2.87. The summed E-state index contributed by atoms with van der Waals surface area (Å²) in [5.74, 6) is -0.287. The lowest BCUT2D eigenvalue weighted by Crippen LogP contribution is -1.99. The standard InChI is InChI=1S/C11H12O3/c12-9-4-2-1-3-7-5-10(13)11(14)6-8(7)9/h5-6,13-14H,1-4H2. The van der Waals surface area contributed by atoms with Crippen LogP contribution in [0.4, 0.5) is 0 Å². The highest BCUT2D eigenvalue weighted by Crippen LogP contribution is 2.31. The molecule has 0 saturated carbocycles. The van der Waals surface area contributed by atoms with Gasteiger partial charge in [0, 0.05) is 12.0 Å². The first-order valence-electron chi connectivity index (χ1n) is 4.76. The highest BCUT2D eigenvalue weighted by molar-refractivity contribution is 5.98. The Morgan fingerprint density at radius 3 is 2.43 bits per heavy atom. The van der Waals surface area contributed by atoms with Gasteiger partial charge >= 0.3 is 0 Å². The van der Waals surface area contributed by atoms with Gasteiger partial charge in [-0.05, 0) is 37.0 Å². The van der Waals surface area contributed by atoms with Gasteiger partial charge in [-0.2, -0.15) is 0 Å². The van der Waals surface area contributed by atoms with Gasteiger partial charge in [0.25, 0.3) is 0 Å². The van der Waals surface area contributed by atoms with E-state index in [-0.39, 0.29) is 17.3 Å². The minimum absolute atomic E-state index is 0.0628. The minimum Gasteiger partial charge on any atom is -0.504 e. The monoisotopic (exact) mass is 192 g/mol. The van der Waals surface area contributed by atoms with Gasteiger partial charge in [0.2, 0.25) is 0 Å². The molecule has 1 aliphatic rings. The molecule has 0 aromatic heterocycles. The Morgan fingerprint density at radius 2 is 1.64 bits per heavy atom. The number of aryl methyl sites for hydroxylation is 1. The molecule has 1 aromatic rings. The Balaban J connectivity index is 2.54. The summed E-state index contributed by atoms with van der Waals surface area (Å²) in [6.07, 6.45) is 3.18. The molecule has 0 spiro atoms. The van der Waals surface area contributed by atoms with Gasteiger partial charge < -0.3 is 10.2 Å². The van der Waals surface area contributed by atoms with Crippen LogP contribution in [0.15, 0.2) is 12.1 Å². The molecule has 0 radical (unpaired) electrons.